The van der Waals surface area contributed by atoms with Crippen LogP contribution >= 0.6 is 0 Å². The molecule has 0 saturated carbocycles. The summed E-state index contributed by atoms with van der Waals surface area (Å²) in [6.45, 7) is 2.24. The second-order valence-corrected chi connectivity index (χ2v) is 3.72. The predicted molar refractivity (Wildman–Crippen MR) is 66.3 cm³/mol. The highest BCUT2D eigenvalue weighted by molar-refractivity contribution is 5.80. The van der Waals surface area contributed by atoms with Crippen LogP contribution < -0.4 is 5.32 Å². The lowest BCUT2D eigenvalue weighted by molar-refractivity contribution is 0.0740. The van der Waals surface area contributed by atoms with Gasteiger partial charge in [0.05, 0.1) is 6.61 Å². The molecule has 0 aliphatic heterocycles. The topological polar surface area (TPSA) is 114 Å². The minimum atomic E-state index is -1.04. The molecule has 0 unspecified atom stereocenters. The van der Waals surface area contributed by atoms with Gasteiger partial charge in [0, 0.05) is 24.5 Å². The molecule has 0 aliphatic rings. The van der Waals surface area contributed by atoms with Crippen LogP contribution in [0, 0.1) is 11.3 Å². The molecule has 0 aliphatic carbocycles. The van der Waals surface area contributed by atoms with Crippen LogP contribution in [0.2, 0.25) is 0 Å². The zero-order valence-electron chi connectivity index (χ0n) is 11.0. The number of hydrogen-bond acceptors (Lipinski definition) is 7. The Morgan fingerprint density at radius 2 is 2.10 bits per heavy atom. The van der Waals surface area contributed by atoms with E-state index in [-0.39, 0.29) is 19.0 Å². The lowest BCUT2D eigenvalue weighted by Gasteiger charge is -2.05. The minimum Gasteiger partial charge on any atom is -0.434 e. The van der Waals surface area contributed by atoms with E-state index in [1.165, 1.54) is 12.4 Å². The highest BCUT2D eigenvalue weighted by Crippen LogP contribution is 1.96. The summed E-state index contributed by atoms with van der Waals surface area (Å²) >= 11 is 0. The third kappa shape index (κ3) is 5.77. The molecule has 0 bridgehead atoms. The number of nitrogens with one attached hydrogen (secondary N) is 1. The van der Waals surface area contributed by atoms with Crippen LogP contribution in [0.5, 0.6) is 0 Å². The first-order chi connectivity index (χ1) is 9.65. The number of hydrogen-bond donors (Lipinski definition) is 1. The van der Waals surface area contributed by atoms with Crippen molar-refractivity contribution in [2.24, 2.45) is 0 Å². The molecule has 8 nitrogen and oxygen atoms in total. The number of nitrogens with zero attached hydrogens (tertiary/aromatic N) is 3. The largest absolute Gasteiger partial charge is 0.517 e. The van der Waals surface area contributed by atoms with Crippen molar-refractivity contribution >= 4 is 12.2 Å². The van der Waals surface area contributed by atoms with Gasteiger partial charge in [-0.05, 0) is 6.42 Å². The number of unbranched alkanes of at least 4 members (excludes halogenated alkanes) is 1. The number of amides is 1. The maximum Gasteiger partial charge on any atom is 0.517 e. The predicted octanol–water partition coefficient (Wildman–Crippen LogP) is 1.51. The smallest absolute Gasteiger partial charge is 0.434 e. The molecule has 0 atom stereocenters. The molecule has 8 heteroatoms. The molecule has 0 aromatic carbocycles. The summed E-state index contributed by atoms with van der Waals surface area (Å²) in [6, 6.07) is 1.77. The lowest BCUT2D eigenvalue weighted by Crippen LogP contribution is -2.27. The molecule has 1 N–H and O–H groups in total. The fourth-order valence-electron chi connectivity index (χ4n) is 1.12. The summed E-state index contributed by atoms with van der Waals surface area (Å²) in [5, 5.41) is 10.9. The van der Waals surface area contributed by atoms with Gasteiger partial charge < -0.3 is 14.8 Å². The number of aromatic nitrogens is 2. The van der Waals surface area contributed by atoms with Gasteiger partial charge in [-0.25, -0.2) is 19.6 Å². The molecule has 1 amide bonds. The first kappa shape index (κ1) is 15.4. The van der Waals surface area contributed by atoms with E-state index in [4.69, 9.17) is 5.26 Å². The second-order valence-electron chi connectivity index (χ2n) is 3.72. The Hall–Kier alpha value is -2.69. The van der Waals surface area contributed by atoms with E-state index in [1.54, 1.807) is 6.07 Å². The van der Waals surface area contributed by atoms with Gasteiger partial charge in [0.25, 0.3) is 0 Å². The Balaban J connectivity index is 2.28. The fraction of sp³-hybridized carbons (Fsp3) is 0.417. The highest BCUT2D eigenvalue weighted by Gasteiger charge is 2.11. The molecule has 20 heavy (non-hydrogen) atoms. The zero-order valence-corrected chi connectivity index (χ0v) is 11.0. The summed E-state index contributed by atoms with van der Waals surface area (Å²) in [6.07, 6.45) is 2.41. The minimum absolute atomic E-state index is 0.0378. The summed E-state index contributed by atoms with van der Waals surface area (Å²) in [4.78, 5) is 29.8. The van der Waals surface area contributed by atoms with E-state index in [2.05, 4.69) is 24.8 Å². The molecule has 1 rings (SSSR count). The van der Waals surface area contributed by atoms with E-state index in [1.807, 2.05) is 6.92 Å². The van der Waals surface area contributed by atoms with Crippen molar-refractivity contribution in [3.8, 4) is 6.07 Å². The van der Waals surface area contributed by atoms with Crippen LogP contribution in [0.25, 0.3) is 0 Å². The number of nitriles is 1. The number of rotatable bonds is 5. The van der Waals surface area contributed by atoms with Crippen molar-refractivity contribution in [1.82, 2.24) is 15.3 Å². The summed E-state index contributed by atoms with van der Waals surface area (Å²) < 4.78 is 9.01. The van der Waals surface area contributed by atoms with Gasteiger partial charge >= 0.3 is 12.2 Å². The molecular formula is C12H14N4O4. The molecule has 1 aromatic heterocycles. The van der Waals surface area contributed by atoms with Crippen LogP contribution in [0.3, 0.4) is 0 Å². The normalized spacial score (nSPS) is 9.40. The van der Waals surface area contributed by atoms with Gasteiger partial charge in [0.1, 0.15) is 6.07 Å². The van der Waals surface area contributed by atoms with E-state index in [0.29, 0.717) is 12.0 Å². The van der Waals surface area contributed by atoms with Gasteiger partial charge in [0.15, 0.2) is 0 Å². The fourth-order valence-corrected chi connectivity index (χ4v) is 1.12. The number of carbonyl (C=O) groups excluding carboxylic acids is 2. The summed E-state index contributed by atoms with van der Waals surface area (Å²) in [5.41, 5.74) is 0.570. The quantitative estimate of drug-likeness (QED) is 0.493. The van der Waals surface area contributed by atoms with Gasteiger partial charge in [-0.15, -0.1) is 0 Å². The molecule has 0 radical (unpaired) electrons. The van der Waals surface area contributed by atoms with Gasteiger partial charge in [-0.2, -0.15) is 5.26 Å². The average molecular weight is 278 g/mol. The Morgan fingerprint density at radius 1 is 1.40 bits per heavy atom. The lowest BCUT2D eigenvalue weighted by atomic mass is 10.3. The number of ether oxygens (including phenoxy) is 2. The third-order valence-corrected chi connectivity index (χ3v) is 2.14. The monoisotopic (exact) mass is 278 g/mol. The van der Waals surface area contributed by atoms with Crippen molar-refractivity contribution in [2.75, 3.05) is 6.61 Å². The highest BCUT2D eigenvalue weighted by atomic mass is 16.7. The second kappa shape index (κ2) is 8.42. The summed E-state index contributed by atoms with van der Waals surface area (Å²) in [5.74, 6) is 0.0378. The summed E-state index contributed by atoms with van der Waals surface area (Å²) in [7, 11) is 0. The molecule has 1 aromatic rings. The first-order valence-electron chi connectivity index (χ1n) is 5.99. The molecule has 106 valence electrons. The van der Waals surface area contributed by atoms with Crippen LogP contribution in [0.15, 0.2) is 12.4 Å². The standard InChI is InChI=1S/C12H14N4O4/c1-2-3-4-19-12(18)20-11(17)16-8-9-6-14-10(5-13)15-7-9/h6-7H,2-4,8H2,1H3,(H,16,17). The van der Waals surface area contributed by atoms with Crippen molar-refractivity contribution in [3.05, 3.63) is 23.8 Å². The van der Waals surface area contributed by atoms with Crippen molar-refractivity contribution < 1.29 is 19.1 Å². The Labute approximate surface area is 115 Å². The maximum absolute atomic E-state index is 11.3. The van der Waals surface area contributed by atoms with Crippen LogP contribution in [-0.4, -0.2) is 28.8 Å². The van der Waals surface area contributed by atoms with Gasteiger partial charge in [0.2, 0.25) is 5.82 Å². The van der Waals surface area contributed by atoms with Crippen molar-refractivity contribution in [3.63, 3.8) is 0 Å². The van der Waals surface area contributed by atoms with Gasteiger partial charge in [-0.3, -0.25) is 0 Å². The number of carbonyl (C=O) groups is 2. The van der Waals surface area contributed by atoms with E-state index < -0.39 is 12.2 Å². The molecule has 0 fully saturated rings. The van der Waals surface area contributed by atoms with E-state index in [0.717, 1.165) is 6.42 Å². The number of alkyl carbamates (subject to hydrolysis) is 1. The molecular weight excluding hydrogens is 264 g/mol. The van der Waals surface area contributed by atoms with Gasteiger partial charge in [-0.1, -0.05) is 13.3 Å². The zero-order chi connectivity index (χ0) is 14.8. The van der Waals surface area contributed by atoms with Crippen molar-refractivity contribution in [1.29, 1.82) is 5.26 Å². The van der Waals surface area contributed by atoms with Crippen LogP contribution in [0.1, 0.15) is 31.2 Å². The Morgan fingerprint density at radius 3 is 2.70 bits per heavy atom. The molecule has 0 spiro atoms. The van der Waals surface area contributed by atoms with E-state index >= 15 is 0 Å². The van der Waals surface area contributed by atoms with Crippen molar-refractivity contribution in [2.45, 2.75) is 26.3 Å². The maximum atomic E-state index is 11.3. The Bertz CT molecular complexity index is 495. The van der Waals surface area contributed by atoms with Crippen LogP contribution in [-0.2, 0) is 16.0 Å². The first-order valence-corrected chi connectivity index (χ1v) is 5.99. The van der Waals surface area contributed by atoms with Crippen LogP contribution in [0.4, 0.5) is 9.59 Å². The van der Waals surface area contributed by atoms with E-state index in [9.17, 15) is 9.59 Å². The average Bonchev–Trinajstić information content (AvgIpc) is 2.46. The third-order valence-electron chi connectivity index (χ3n) is 2.14. The molecule has 0 saturated heterocycles. The Kier molecular flexibility index (Phi) is 6.47. The SMILES string of the molecule is CCCCOC(=O)OC(=O)NCc1cnc(C#N)nc1. The molecule has 1 heterocycles.